The number of rotatable bonds is 4. The van der Waals surface area contributed by atoms with E-state index in [1.165, 1.54) is 19.3 Å². The lowest BCUT2D eigenvalue weighted by Gasteiger charge is -2.21. The SMILES string of the molecule is Cn1ccnc1CCOC1CCCCCC1N. The van der Waals surface area contributed by atoms with E-state index in [0.717, 1.165) is 31.7 Å². The Kier molecular flexibility index (Phi) is 4.57. The van der Waals surface area contributed by atoms with E-state index >= 15 is 0 Å². The highest BCUT2D eigenvalue weighted by atomic mass is 16.5. The number of nitrogens with zero attached hydrogens (tertiary/aromatic N) is 2. The molecule has 2 unspecified atom stereocenters. The first-order valence-electron chi connectivity index (χ1n) is 6.61. The van der Waals surface area contributed by atoms with Crippen molar-refractivity contribution < 1.29 is 4.74 Å². The highest BCUT2D eigenvalue weighted by Crippen LogP contribution is 2.19. The van der Waals surface area contributed by atoms with Gasteiger partial charge in [0.25, 0.3) is 0 Å². The van der Waals surface area contributed by atoms with Crippen LogP contribution in [0.25, 0.3) is 0 Å². The lowest BCUT2D eigenvalue weighted by atomic mass is 10.1. The number of aromatic nitrogens is 2. The van der Waals surface area contributed by atoms with Gasteiger partial charge in [-0.3, -0.25) is 0 Å². The Hall–Kier alpha value is -0.870. The van der Waals surface area contributed by atoms with E-state index in [1.54, 1.807) is 0 Å². The van der Waals surface area contributed by atoms with E-state index in [9.17, 15) is 0 Å². The lowest BCUT2D eigenvalue weighted by molar-refractivity contribution is 0.0323. The van der Waals surface area contributed by atoms with Gasteiger partial charge < -0.3 is 15.0 Å². The highest BCUT2D eigenvalue weighted by Gasteiger charge is 2.20. The Morgan fingerprint density at radius 1 is 1.41 bits per heavy atom. The molecular formula is C13H23N3O. The van der Waals surface area contributed by atoms with Crippen molar-refractivity contribution in [2.45, 2.75) is 50.7 Å². The van der Waals surface area contributed by atoms with Gasteiger partial charge in [0, 0.05) is 31.9 Å². The molecule has 4 heteroatoms. The number of hydrogen-bond acceptors (Lipinski definition) is 3. The van der Waals surface area contributed by atoms with E-state index in [2.05, 4.69) is 4.98 Å². The molecule has 0 amide bonds. The minimum absolute atomic E-state index is 0.221. The zero-order valence-corrected chi connectivity index (χ0v) is 10.6. The number of hydrogen-bond donors (Lipinski definition) is 1. The molecule has 1 aromatic rings. The third-order valence-corrected chi connectivity index (χ3v) is 3.58. The van der Waals surface area contributed by atoms with Crippen LogP contribution in [0.15, 0.2) is 12.4 Å². The minimum Gasteiger partial charge on any atom is -0.376 e. The average molecular weight is 237 g/mol. The summed E-state index contributed by atoms with van der Waals surface area (Å²) in [4.78, 5) is 4.29. The van der Waals surface area contributed by atoms with Gasteiger partial charge in [0.05, 0.1) is 12.7 Å². The van der Waals surface area contributed by atoms with Gasteiger partial charge in [-0.15, -0.1) is 0 Å². The smallest absolute Gasteiger partial charge is 0.110 e. The van der Waals surface area contributed by atoms with Gasteiger partial charge in [0.1, 0.15) is 5.82 Å². The molecule has 0 aromatic carbocycles. The molecule has 1 heterocycles. The monoisotopic (exact) mass is 237 g/mol. The number of nitrogens with two attached hydrogens (primary N) is 1. The van der Waals surface area contributed by atoms with Crippen molar-refractivity contribution in [2.75, 3.05) is 6.61 Å². The van der Waals surface area contributed by atoms with Crippen molar-refractivity contribution in [1.29, 1.82) is 0 Å². The van der Waals surface area contributed by atoms with Crippen molar-refractivity contribution in [2.24, 2.45) is 12.8 Å². The van der Waals surface area contributed by atoms with Gasteiger partial charge in [-0.25, -0.2) is 4.98 Å². The fraction of sp³-hybridized carbons (Fsp3) is 0.769. The molecule has 1 aliphatic rings. The van der Waals surface area contributed by atoms with Gasteiger partial charge in [-0.05, 0) is 12.8 Å². The van der Waals surface area contributed by atoms with Crippen molar-refractivity contribution in [1.82, 2.24) is 9.55 Å². The number of aryl methyl sites for hydroxylation is 1. The quantitative estimate of drug-likeness (QED) is 0.810. The van der Waals surface area contributed by atoms with Crippen molar-refractivity contribution >= 4 is 0 Å². The van der Waals surface area contributed by atoms with Crippen LogP contribution >= 0.6 is 0 Å². The van der Waals surface area contributed by atoms with Crippen LogP contribution in [-0.4, -0.2) is 28.3 Å². The molecule has 0 spiro atoms. The standard InChI is InChI=1S/C13H23N3O/c1-16-9-8-15-13(16)7-10-17-12-6-4-2-3-5-11(12)14/h8-9,11-12H,2-7,10,14H2,1H3. The maximum atomic E-state index is 6.12. The maximum absolute atomic E-state index is 6.12. The second kappa shape index (κ2) is 6.17. The van der Waals surface area contributed by atoms with Crippen LogP contribution in [0.2, 0.25) is 0 Å². The largest absolute Gasteiger partial charge is 0.376 e. The normalized spacial score (nSPS) is 25.8. The van der Waals surface area contributed by atoms with E-state index < -0.39 is 0 Å². The second-order valence-corrected chi connectivity index (χ2v) is 4.92. The highest BCUT2D eigenvalue weighted by molar-refractivity contribution is 4.91. The summed E-state index contributed by atoms with van der Waals surface area (Å²) < 4.78 is 7.96. The first-order chi connectivity index (χ1) is 8.27. The van der Waals surface area contributed by atoms with Crippen LogP contribution in [0.4, 0.5) is 0 Å². The van der Waals surface area contributed by atoms with Crippen LogP contribution < -0.4 is 5.73 Å². The molecular weight excluding hydrogens is 214 g/mol. The summed E-state index contributed by atoms with van der Waals surface area (Å²) in [6.45, 7) is 0.725. The molecule has 1 aromatic heterocycles. The zero-order valence-electron chi connectivity index (χ0n) is 10.6. The molecule has 0 aliphatic heterocycles. The fourth-order valence-corrected chi connectivity index (χ4v) is 2.45. The van der Waals surface area contributed by atoms with Crippen LogP contribution in [0, 0.1) is 0 Å². The first-order valence-corrected chi connectivity index (χ1v) is 6.61. The molecule has 1 saturated carbocycles. The van der Waals surface area contributed by atoms with E-state index in [0.29, 0.717) is 0 Å². The molecule has 0 bridgehead atoms. The third kappa shape index (κ3) is 3.54. The molecule has 96 valence electrons. The molecule has 4 nitrogen and oxygen atoms in total. The van der Waals surface area contributed by atoms with Crippen LogP contribution in [-0.2, 0) is 18.2 Å². The van der Waals surface area contributed by atoms with E-state index in [-0.39, 0.29) is 12.1 Å². The van der Waals surface area contributed by atoms with Crippen molar-refractivity contribution in [3.05, 3.63) is 18.2 Å². The summed E-state index contributed by atoms with van der Waals surface area (Å²) in [7, 11) is 2.01. The van der Waals surface area contributed by atoms with Crippen molar-refractivity contribution in [3.63, 3.8) is 0 Å². The van der Waals surface area contributed by atoms with Gasteiger partial charge in [0.15, 0.2) is 0 Å². The summed E-state index contributed by atoms with van der Waals surface area (Å²) >= 11 is 0. The van der Waals surface area contributed by atoms with E-state index in [1.807, 2.05) is 24.0 Å². The maximum Gasteiger partial charge on any atom is 0.110 e. The fourth-order valence-electron chi connectivity index (χ4n) is 2.45. The molecule has 2 atom stereocenters. The summed E-state index contributed by atoms with van der Waals surface area (Å²) in [6, 6.07) is 0.221. The van der Waals surface area contributed by atoms with Gasteiger partial charge in [-0.2, -0.15) is 0 Å². The van der Waals surface area contributed by atoms with Crippen molar-refractivity contribution in [3.8, 4) is 0 Å². The molecule has 1 aliphatic carbocycles. The molecule has 0 saturated heterocycles. The molecule has 0 radical (unpaired) electrons. The van der Waals surface area contributed by atoms with Crippen LogP contribution in [0.3, 0.4) is 0 Å². The predicted molar refractivity (Wildman–Crippen MR) is 67.7 cm³/mol. The molecule has 17 heavy (non-hydrogen) atoms. The Bertz CT molecular complexity index is 337. The van der Waals surface area contributed by atoms with Gasteiger partial charge in [-0.1, -0.05) is 19.3 Å². The van der Waals surface area contributed by atoms with Gasteiger partial charge in [0.2, 0.25) is 0 Å². The van der Waals surface area contributed by atoms with Crippen LogP contribution in [0.5, 0.6) is 0 Å². The summed E-state index contributed by atoms with van der Waals surface area (Å²) in [5, 5.41) is 0. The Balaban J connectivity index is 1.75. The Morgan fingerprint density at radius 3 is 3.00 bits per heavy atom. The first kappa shape index (κ1) is 12.6. The predicted octanol–water partition coefficient (Wildman–Crippen LogP) is 1.64. The number of ether oxygens (including phenoxy) is 1. The topological polar surface area (TPSA) is 53.1 Å². The molecule has 1 fully saturated rings. The Labute approximate surface area is 103 Å². The summed E-state index contributed by atoms with van der Waals surface area (Å²) in [5.41, 5.74) is 6.12. The Morgan fingerprint density at radius 2 is 2.24 bits per heavy atom. The van der Waals surface area contributed by atoms with E-state index in [4.69, 9.17) is 10.5 Å². The minimum atomic E-state index is 0.221. The summed E-state index contributed by atoms with van der Waals surface area (Å²) in [5.74, 6) is 1.08. The lowest BCUT2D eigenvalue weighted by Crippen LogP contribution is -2.36. The molecule has 2 N–H and O–H groups in total. The summed E-state index contributed by atoms with van der Waals surface area (Å²) in [6.07, 6.45) is 10.9. The average Bonchev–Trinajstić information content (AvgIpc) is 2.60. The zero-order chi connectivity index (χ0) is 12.1. The number of imidazole rings is 1. The van der Waals surface area contributed by atoms with Gasteiger partial charge >= 0.3 is 0 Å². The van der Waals surface area contributed by atoms with Crippen LogP contribution in [0.1, 0.15) is 37.9 Å². The third-order valence-electron chi connectivity index (χ3n) is 3.58. The molecule has 2 rings (SSSR count). The second-order valence-electron chi connectivity index (χ2n) is 4.92.